The van der Waals surface area contributed by atoms with Crippen molar-refractivity contribution >= 4 is 23.3 Å². The Kier molecular flexibility index (Phi) is 6.32. The van der Waals surface area contributed by atoms with Crippen molar-refractivity contribution in [2.45, 2.75) is 6.42 Å². The summed E-state index contributed by atoms with van der Waals surface area (Å²) in [7, 11) is 0. The molecule has 146 valence electrons. The van der Waals surface area contributed by atoms with E-state index in [4.69, 9.17) is 4.74 Å². The third-order valence-corrected chi connectivity index (χ3v) is 4.15. The van der Waals surface area contributed by atoms with E-state index < -0.39 is 23.4 Å². The monoisotopic (exact) mass is 390 g/mol. The minimum Gasteiger partial charge on any atom is -0.455 e. The molecule has 0 aliphatic heterocycles. The second kappa shape index (κ2) is 9.27. The van der Waals surface area contributed by atoms with Crippen LogP contribution >= 0.6 is 0 Å². The van der Waals surface area contributed by atoms with Gasteiger partial charge in [0.05, 0.1) is 11.3 Å². The van der Waals surface area contributed by atoms with Crippen molar-refractivity contribution in [2.24, 2.45) is 0 Å². The predicted molar refractivity (Wildman–Crippen MR) is 108 cm³/mol. The molecule has 0 aliphatic carbocycles. The van der Waals surface area contributed by atoms with Crippen molar-refractivity contribution < 1.29 is 19.2 Å². The molecule has 0 fully saturated rings. The minimum absolute atomic E-state index is 0.0217. The Morgan fingerprint density at radius 1 is 0.862 bits per heavy atom. The second-order valence-corrected chi connectivity index (χ2v) is 6.22. The number of anilines is 1. The fourth-order valence-corrected chi connectivity index (χ4v) is 2.73. The summed E-state index contributed by atoms with van der Waals surface area (Å²) in [6.45, 7) is -0.521. The zero-order valence-corrected chi connectivity index (χ0v) is 15.4. The van der Waals surface area contributed by atoms with E-state index in [9.17, 15) is 19.7 Å². The molecule has 0 saturated carbocycles. The fraction of sp³-hybridized carbons (Fsp3) is 0.0909. The number of hydrogen-bond donors (Lipinski definition) is 1. The Morgan fingerprint density at radius 2 is 1.48 bits per heavy atom. The van der Waals surface area contributed by atoms with Gasteiger partial charge in [-0.25, -0.2) is 0 Å². The molecule has 0 unspecified atom stereocenters. The van der Waals surface area contributed by atoms with E-state index in [1.54, 1.807) is 6.07 Å². The van der Waals surface area contributed by atoms with Crippen LogP contribution in [0.4, 0.5) is 11.4 Å². The molecule has 0 atom stereocenters. The van der Waals surface area contributed by atoms with Gasteiger partial charge in [0, 0.05) is 6.07 Å². The quantitative estimate of drug-likeness (QED) is 0.374. The van der Waals surface area contributed by atoms with Crippen molar-refractivity contribution in [1.29, 1.82) is 0 Å². The van der Waals surface area contributed by atoms with Crippen molar-refractivity contribution in [3.63, 3.8) is 0 Å². The fourth-order valence-electron chi connectivity index (χ4n) is 2.73. The summed E-state index contributed by atoms with van der Waals surface area (Å²) in [5.41, 5.74) is 2.69. The topological polar surface area (TPSA) is 98.5 Å². The smallest absolute Gasteiger partial charge is 0.310 e. The summed E-state index contributed by atoms with van der Waals surface area (Å²) < 4.78 is 4.97. The van der Waals surface area contributed by atoms with Crippen molar-refractivity contribution in [3.05, 3.63) is 94.5 Å². The van der Waals surface area contributed by atoms with Gasteiger partial charge < -0.3 is 10.1 Å². The Hall–Kier alpha value is -4.00. The largest absolute Gasteiger partial charge is 0.455 e. The summed E-state index contributed by atoms with van der Waals surface area (Å²) in [5, 5.41) is 13.3. The van der Waals surface area contributed by atoms with Crippen molar-refractivity contribution in [3.8, 4) is 11.1 Å². The molecule has 1 N–H and O–H groups in total. The average Bonchev–Trinajstić information content (AvgIpc) is 2.74. The third kappa shape index (κ3) is 5.49. The number of ether oxygens (including phenoxy) is 1. The lowest BCUT2D eigenvalue weighted by atomic mass is 10.0. The Labute approximate surface area is 167 Å². The number of esters is 1. The number of amides is 1. The number of para-hydroxylation sites is 2. The number of nitrogens with one attached hydrogen (secondary N) is 1. The summed E-state index contributed by atoms with van der Waals surface area (Å²) in [5.74, 6) is -1.21. The number of carbonyl (C=O) groups excluding carboxylic acids is 2. The Bertz CT molecular complexity index is 1020. The summed E-state index contributed by atoms with van der Waals surface area (Å²) in [6.07, 6.45) is 0.0217. The van der Waals surface area contributed by atoms with Gasteiger partial charge in [0.25, 0.3) is 11.6 Å². The molecular weight excluding hydrogens is 372 g/mol. The van der Waals surface area contributed by atoms with Gasteiger partial charge in [0.2, 0.25) is 0 Å². The highest BCUT2D eigenvalue weighted by Gasteiger charge is 2.16. The molecule has 29 heavy (non-hydrogen) atoms. The first-order chi connectivity index (χ1) is 14.0. The van der Waals surface area contributed by atoms with E-state index in [1.807, 2.05) is 54.6 Å². The number of carbonyl (C=O) groups is 2. The van der Waals surface area contributed by atoms with Gasteiger partial charge in [-0.1, -0.05) is 66.7 Å². The summed E-state index contributed by atoms with van der Waals surface area (Å²) >= 11 is 0. The standard InChI is InChI=1S/C22H18N2O5/c25-21(23-19-8-4-5-9-20(19)24(27)28)15-29-22(26)14-16-10-12-18(13-11-16)17-6-2-1-3-7-17/h1-13H,14-15H2,(H,23,25). The molecule has 7 nitrogen and oxygen atoms in total. The number of nitrogens with zero attached hydrogens (tertiary/aromatic N) is 1. The zero-order valence-electron chi connectivity index (χ0n) is 15.4. The second-order valence-electron chi connectivity index (χ2n) is 6.22. The molecule has 0 radical (unpaired) electrons. The van der Waals surface area contributed by atoms with E-state index in [2.05, 4.69) is 5.32 Å². The van der Waals surface area contributed by atoms with Gasteiger partial charge in [-0.3, -0.25) is 19.7 Å². The molecular formula is C22H18N2O5. The number of nitro benzene ring substituents is 1. The predicted octanol–water partition coefficient (Wildman–Crippen LogP) is 3.99. The molecule has 3 aromatic carbocycles. The van der Waals surface area contributed by atoms with Crippen molar-refractivity contribution in [1.82, 2.24) is 0 Å². The maximum Gasteiger partial charge on any atom is 0.310 e. The number of rotatable bonds is 7. The van der Waals surface area contributed by atoms with Gasteiger partial charge >= 0.3 is 5.97 Å². The van der Waals surface area contributed by atoms with Crippen LogP contribution in [0.25, 0.3) is 11.1 Å². The van der Waals surface area contributed by atoms with Crippen LogP contribution in [0.15, 0.2) is 78.9 Å². The van der Waals surface area contributed by atoms with Crippen LogP contribution in [0.2, 0.25) is 0 Å². The Morgan fingerprint density at radius 3 is 2.17 bits per heavy atom. The SMILES string of the molecule is O=C(COC(=O)Cc1ccc(-c2ccccc2)cc1)Nc1ccccc1[N+](=O)[O-]. The van der Waals surface area contributed by atoms with Gasteiger partial charge in [0.15, 0.2) is 6.61 Å². The molecule has 0 spiro atoms. The van der Waals surface area contributed by atoms with Crippen LogP contribution in [0.3, 0.4) is 0 Å². The van der Waals surface area contributed by atoms with E-state index in [1.165, 1.54) is 18.2 Å². The molecule has 0 saturated heterocycles. The van der Waals surface area contributed by atoms with Gasteiger partial charge in [-0.2, -0.15) is 0 Å². The van der Waals surface area contributed by atoms with Crippen LogP contribution < -0.4 is 5.32 Å². The number of benzene rings is 3. The van der Waals surface area contributed by atoms with Crippen molar-refractivity contribution in [2.75, 3.05) is 11.9 Å². The van der Waals surface area contributed by atoms with Crippen LogP contribution in [0.1, 0.15) is 5.56 Å². The summed E-state index contributed by atoms with van der Waals surface area (Å²) in [6, 6.07) is 23.1. The van der Waals surface area contributed by atoms with E-state index >= 15 is 0 Å². The first-order valence-electron chi connectivity index (χ1n) is 8.86. The highest BCUT2D eigenvalue weighted by molar-refractivity contribution is 5.94. The molecule has 0 aliphatic rings. The van der Waals surface area contributed by atoms with E-state index in [0.29, 0.717) is 0 Å². The molecule has 3 aromatic rings. The Balaban J connectivity index is 1.51. The number of nitro groups is 1. The van der Waals surface area contributed by atoms with Crippen LogP contribution in [-0.4, -0.2) is 23.4 Å². The zero-order chi connectivity index (χ0) is 20.6. The highest BCUT2D eigenvalue weighted by Crippen LogP contribution is 2.23. The lowest BCUT2D eigenvalue weighted by Gasteiger charge is -2.08. The molecule has 0 bridgehead atoms. The van der Waals surface area contributed by atoms with Crippen LogP contribution in [-0.2, 0) is 20.7 Å². The number of hydrogen-bond acceptors (Lipinski definition) is 5. The molecule has 1 amide bonds. The van der Waals surface area contributed by atoms with Crippen LogP contribution in [0.5, 0.6) is 0 Å². The summed E-state index contributed by atoms with van der Waals surface area (Å²) in [4.78, 5) is 34.3. The lowest BCUT2D eigenvalue weighted by molar-refractivity contribution is -0.383. The van der Waals surface area contributed by atoms with E-state index in [0.717, 1.165) is 16.7 Å². The molecule has 3 rings (SSSR count). The van der Waals surface area contributed by atoms with E-state index in [-0.39, 0.29) is 17.8 Å². The first-order valence-corrected chi connectivity index (χ1v) is 8.86. The molecule has 0 heterocycles. The van der Waals surface area contributed by atoms with Crippen LogP contribution in [0, 0.1) is 10.1 Å². The first kappa shape index (κ1) is 19.8. The maximum absolute atomic E-state index is 12.0. The maximum atomic E-state index is 12.0. The molecule has 0 aromatic heterocycles. The van der Waals surface area contributed by atoms with Gasteiger partial charge in [0.1, 0.15) is 5.69 Å². The molecule has 7 heteroatoms. The van der Waals surface area contributed by atoms with Gasteiger partial charge in [-0.05, 0) is 22.8 Å². The average molecular weight is 390 g/mol. The lowest BCUT2D eigenvalue weighted by Crippen LogP contribution is -2.22. The third-order valence-electron chi connectivity index (χ3n) is 4.15. The minimum atomic E-state index is -0.646. The normalized spacial score (nSPS) is 10.2. The van der Waals surface area contributed by atoms with Gasteiger partial charge in [-0.15, -0.1) is 0 Å². The highest BCUT2D eigenvalue weighted by atomic mass is 16.6.